The summed E-state index contributed by atoms with van der Waals surface area (Å²) in [4.78, 5) is 40.7. The Morgan fingerprint density at radius 3 is 2.67 bits per heavy atom. The second-order valence-electron chi connectivity index (χ2n) is 9.58. The lowest BCUT2D eigenvalue weighted by Crippen LogP contribution is -2.45. The predicted octanol–water partition coefficient (Wildman–Crippen LogP) is 2.79. The van der Waals surface area contributed by atoms with Gasteiger partial charge in [-0.1, -0.05) is 6.07 Å². The highest BCUT2D eigenvalue weighted by Gasteiger charge is 2.38. The smallest absolute Gasteiger partial charge is 0.258 e. The standard InChI is InChI=1S/C29H31N3O7S/c1-36-22-7-5-20-12-25(22)38-16-27(33)30-13-19-3-6-23(24(11-19)37-2)39-26-15-32(14-21(26)31-29(20)35)28(34)8-4-18-9-10-40-17-18/h3,5-7,9-12,17,21,26H,4,8,13-16H2,1-2H3,(H,30,33)(H,31,35)/t21-,26-/m0/s1. The number of thiophene rings is 1. The fraction of sp³-hybridized carbons (Fsp3) is 0.345. The van der Waals surface area contributed by atoms with Crippen LogP contribution >= 0.6 is 11.3 Å². The topological polar surface area (TPSA) is 115 Å². The molecule has 0 saturated carbocycles. The Bertz CT molecular complexity index is 1380. The maximum Gasteiger partial charge on any atom is 0.258 e. The van der Waals surface area contributed by atoms with Crippen LogP contribution in [0.15, 0.2) is 53.2 Å². The van der Waals surface area contributed by atoms with Gasteiger partial charge in [0.15, 0.2) is 29.6 Å². The Kier molecular flexibility index (Phi) is 8.40. The fourth-order valence-corrected chi connectivity index (χ4v) is 5.44. The molecule has 6 rings (SSSR count). The van der Waals surface area contributed by atoms with E-state index in [1.165, 1.54) is 20.3 Å². The van der Waals surface area contributed by atoms with Crippen LogP contribution in [0, 0.1) is 0 Å². The summed E-state index contributed by atoms with van der Waals surface area (Å²) < 4.78 is 23.0. The van der Waals surface area contributed by atoms with Crippen LogP contribution in [-0.2, 0) is 22.6 Å². The molecule has 3 amide bonds. The summed E-state index contributed by atoms with van der Waals surface area (Å²) in [5.41, 5.74) is 2.26. The molecule has 11 heteroatoms. The normalized spacial score (nSPS) is 19.0. The van der Waals surface area contributed by atoms with Crippen molar-refractivity contribution in [3.63, 3.8) is 0 Å². The number of nitrogens with one attached hydrogen (secondary N) is 2. The third kappa shape index (κ3) is 6.31. The molecule has 0 spiro atoms. The number of carbonyl (C=O) groups is 3. The molecular formula is C29H31N3O7S. The first kappa shape index (κ1) is 27.3. The number of amides is 3. The van der Waals surface area contributed by atoms with Gasteiger partial charge in [0.1, 0.15) is 6.10 Å². The van der Waals surface area contributed by atoms with Crippen LogP contribution in [0.5, 0.6) is 23.0 Å². The van der Waals surface area contributed by atoms with Gasteiger partial charge >= 0.3 is 0 Å². The lowest BCUT2D eigenvalue weighted by molar-refractivity contribution is -0.130. The van der Waals surface area contributed by atoms with E-state index in [-0.39, 0.29) is 36.6 Å². The lowest BCUT2D eigenvalue weighted by atomic mass is 10.1. The van der Waals surface area contributed by atoms with Crippen molar-refractivity contribution in [3.8, 4) is 23.0 Å². The highest BCUT2D eigenvalue weighted by atomic mass is 32.1. The number of benzene rings is 2. The molecule has 3 aliphatic heterocycles. The van der Waals surface area contributed by atoms with E-state index >= 15 is 0 Å². The van der Waals surface area contributed by atoms with Crippen molar-refractivity contribution in [2.24, 2.45) is 0 Å². The summed E-state index contributed by atoms with van der Waals surface area (Å²) in [6, 6.07) is 11.7. The first-order chi connectivity index (χ1) is 19.4. The molecule has 40 heavy (non-hydrogen) atoms. The summed E-state index contributed by atoms with van der Waals surface area (Å²) in [6.07, 6.45) is 0.507. The van der Waals surface area contributed by atoms with Crippen molar-refractivity contribution in [2.45, 2.75) is 31.5 Å². The number of methoxy groups -OCH3 is 2. The molecule has 3 aliphatic rings. The van der Waals surface area contributed by atoms with E-state index in [0.29, 0.717) is 48.7 Å². The number of ether oxygens (including phenoxy) is 4. The molecule has 1 aromatic heterocycles. The van der Waals surface area contributed by atoms with E-state index in [9.17, 15) is 14.4 Å². The summed E-state index contributed by atoms with van der Waals surface area (Å²) in [5, 5.41) is 9.89. The average molecular weight is 566 g/mol. The largest absolute Gasteiger partial charge is 0.493 e. The van der Waals surface area contributed by atoms with Crippen molar-refractivity contribution in [2.75, 3.05) is 33.9 Å². The number of hydrogen-bond acceptors (Lipinski definition) is 8. The van der Waals surface area contributed by atoms with Crippen molar-refractivity contribution >= 4 is 29.1 Å². The van der Waals surface area contributed by atoms with Crippen molar-refractivity contribution in [1.82, 2.24) is 15.5 Å². The van der Waals surface area contributed by atoms with E-state index in [4.69, 9.17) is 18.9 Å². The van der Waals surface area contributed by atoms with Gasteiger partial charge in [0.05, 0.1) is 26.8 Å². The second-order valence-corrected chi connectivity index (χ2v) is 10.4. The van der Waals surface area contributed by atoms with Gasteiger partial charge in [-0.2, -0.15) is 11.3 Å². The van der Waals surface area contributed by atoms with E-state index < -0.39 is 12.1 Å². The molecule has 2 aromatic carbocycles. The maximum absolute atomic E-state index is 13.4. The number of likely N-dealkylation sites (tertiary alicyclic amines) is 1. The van der Waals surface area contributed by atoms with E-state index in [1.807, 2.05) is 22.9 Å². The molecule has 0 aliphatic carbocycles. The average Bonchev–Trinajstić information content (AvgIpc) is 3.64. The minimum atomic E-state index is -0.516. The van der Waals surface area contributed by atoms with E-state index in [0.717, 1.165) is 11.1 Å². The molecule has 4 bridgehead atoms. The molecule has 1 saturated heterocycles. The molecule has 4 heterocycles. The van der Waals surface area contributed by atoms with Crippen LogP contribution < -0.4 is 29.6 Å². The zero-order valence-corrected chi connectivity index (χ0v) is 23.1. The number of nitrogens with zero attached hydrogens (tertiary/aromatic N) is 1. The summed E-state index contributed by atoms with van der Waals surface area (Å²) in [7, 11) is 3.02. The van der Waals surface area contributed by atoms with E-state index in [1.54, 1.807) is 40.5 Å². The number of hydrogen-bond donors (Lipinski definition) is 2. The first-order valence-corrected chi connectivity index (χ1v) is 13.9. The minimum absolute atomic E-state index is 0.00289. The predicted molar refractivity (Wildman–Crippen MR) is 148 cm³/mol. The van der Waals surface area contributed by atoms with Crippen molar-refractivity contribution in [3.05, 3.63) is 69.9 Å². The van der Waals surface area contributed by atoms with Crippen LogP contribution in [-0.4, -0.2) is 68.7 Å². The SMILES string of the molecule is COc1ccc2cc1OCC(=O)NCc1ccc(c(OC)c1)O[C@H]1CN(C(=O)CCc3ccsc3)C[C@@H]1NC2=O. The van der Waals surface area contributed by atoms with Crippen LogP contribution in [0.4, 0.5) is 0 Å². The number of fused-ring (bicyclic) bond motifs is 7. The molecular weight excluding hydrogens is 534 g/mol. The Balaban J connectivity index is 1.42. The summed E-state index contributed by atoms with van der Waals surface area (Å²) in [6.45, 7) is 0.615. The molecule has 1 fully saturated rings. The Morgan fingerprint density at radius 1 is 1.05 bits per heavy atom. The molecule has 3 aromatic rings. The van der Waals surface area contributed by atoms with Gasteiger partial charge in [-0.3, -0.25) is 14.4 Å². The van der Waals surface area contributed by atoms with Crippen LogP contribution in [0.3, 0.4) is 0 Å². The van der Waals surface area contributed by atoms with Gasteiger partial charge in [-0.15, -0.1) is 0 Å². The van der Waals surface area contributed by atoms with Crippen molar-refractivity contribution in [1.29, 1.82) is 0 Å². The number of carbonyl (C=O) groups excluding carboxylic acids is 3. The lowest BCUT2D eigenvalue weighted by Gasteiger charge is -2.22. The maximum atomic E-state index is 13.4. The molecule has 2 N–H and O–H groups in total. The minimum Gasteiger partial charge on any atom is -0.493 e. The Morgan fingerprint density at radius 2 is 1.90 bits per heavy atom. The molecule has 0 unspecified atom stereocenters. The van der Waals surface area contributed by atoms with Crippen LogP contribution in [0.25, 0.3) is 0 Å². The third-order valence-corrected chi connectivity index (χ3v) is 7.66. The fourth-order valence-electron chi connectivity index (χ4n) is 4.74. The number of rotatable bonds is 5. The molecule has 0 radical (unpaired) electrons. The highest BCUT2D eigenvalue weighted by molar-refractivity contribution is 7.07. The van der Waals surface area contributed by atoms with E-state index in [2.05, 4.69) is 10.6 Å². The van der Waals surface area contributed by atoms with Gasteiger partial charge in [-0.25, -0.2) is 0 Å². The van der Waals surface area contributed by atoms with Gasteiger partial charge in [0, 0.05) is 25.1 Å². The van der Waals surface area contributed by atoms with Crippen molar-refractivity contribution < 1.29 is 33.3 Å². The molecule has 10 nitrogen and oxygen atoms in total. The van der Waals surface area contributed by atoms with Crippen LogP contribution in [0.1, 0.15) is 27.9 Å². The third-order valence-electron chi connectivity index (χ3n) is 6.92. The monoisotopic (exact) mass is 565 g/mol. The Hall–Kier alpha value is -4.25. The first-order valence-electron chi connectivity index (χ1n) is 12.9. The molecule has 210 valence electrons. The van der Waals surface area contributed by atoms with Gasteiger partial charge in [0.25, 0.3) is 11.8 Å². The van der Waals surface area contributed by atoms with Crippen LogP contribution in [0.2, 0.25) is 0 Å². The number of aryl methyl sites for hydroxylation is 1. The highest BCUT2D eigenvalue weighted by Crippen LogP contribution is 2.32. The summed E-state index contributed by atoms with van der Waals surface area (Å²) >= 11 is 1.60. The second kappa shape index (κ2) is 12.3. The Labute approximate surface area is 236 Å². The quantitative estimate of drug-likeness (QED) is 0.489. The van der Waals surface area contributed by atoms with Gasteiger partial charge in [0.2, 0.25) is 5.91 Å². The van der Waals surface area contributed by atoms with Gasteiger partial charge in [-0.05, 0) is 64.7 Å². The molecule has 2 atom stereocenters. The van der Waals surface area contributed by atoms with Gasteiger partial charge < -0.3 is 34.5 Å². The zero-order valence-electron chi connectivity index (χ0n) is 22.3. The summed E-state index contributed by atoms with van der Waals surface area (Å²) in [5.74, 6) is 0.923. The zero-order chi connectivity index (χ0) is 28.1.